The second-order valence-electron chi connectivity index (χ2n) is 6.23. The van der Waals surface area contributed by atoms with E-state index in [-0.39, 0.29) is 5.97 Å². The van der Waals surface area contributed by atoms with Gasteiger partial charge in [-0.1, -0.05) is 57.8 Å². The van der Waals surface area contributed by atoms with Crippen LogP contribution in [0.1, 0.15) is 70.6 Å². The monoisotopic (exact) mass is 268 g/mol. The summed E-state index contributed by atoms with van der Waals surface area (Å²) in [5, 5.41) is 0. The van der Waals surface area contributed by atoms with Crippen molar-refractivity contribution in [3.63, 3.8) is 0 Å². The maximum Gasteiger partial charge on any atom is 0.340 e. The van der Waals surface area contributed by atoms with Crippen molar-refractivity contribution >= 4 is 5.97 Å². The molecule has 2 fully saturated rings. The third kappa shape index (κ3) is 4.48. The van der Waals surface area contributed by atoms with Gasteiger partial charge in [0.2, 0.25) is 0 Å². The lowest BCUT2D eigenvalue weighted by Crippen LogP contribution is -2.25. The summed E-state index contributed by atoms with van der Waals surface area (Å²) >= 11 is 0. The molecule has 0 spiro atoms. The van der Waals surface area contributed by atoms with Crippen LogP contribution in [0, 0.1) is 5.92 Å². The molecule has 2 rings (SSSR count). The Morgan fingerprint density at radius 3 is 2.37 bits per heavy atom. The van der Waals surface area contributed by atoms with Crippen LogP contribution in [0.2, 0.25) is 0 Å². The first kappa shape index (κ1) is 14.8. The highest BCUT2D eigenvalue weighted by atomic mass is 16.6. The molecule has 0 aromatic heterocycles. The molecule has 0 aromatic rings. The number of rotatable bonds is 6. The zero-order valence-electron chi connectivity index (χ0n) is 12.3. The van der Waals surface area contributed by atoms with E-state index in [1.165, 1.54) is 64.9 Å². The average Bonchev–Trinajstić information content (AvgIpc) is 3.16. The van der Waals surface area contributed by atoms with Crippen LogP contribution >= 0.6 is 0 Å². The minimum atomic E-state index is -0.560. The molecule has 1 heterocycles. The molecule has 0 N–H and O–H groups in total. The second kappa shape index (κ2) is 7.28. The maximum absolute atomic E-state index is 11.5. The summed E-state index contributed by atoms with van der Waals surface area (Å²) in [6.45, 7) is 0.559. The molecule has 0 radical (unpaired) electrons. The van der Waals surface area contributed by atoms with Crippen molar-refractivity contribution in [2.24, 2.45) is 5.92 Å². The van der Waals surface area contributed by atoms with Crippen molar-refractivity contribution in [1.82, 2.24) is 0 Å². The van der Waals surface area contributed by atoms with Crippen LogP contribution < -0.4 is 0 Å². The fourth-order valence-corrected chi connectivity index (χ4v) is 3.31. The van der Waals surface area contributed by atoms with Crippen LogP contribution in [0.5, 0.6) is 0 Å². The number of carbonyl (C=O) groups excluding carboxylic acids is 1. The lowest BCUT2D eigenvalue weighted by Gasteiger charge is -2.19. The molecule has 19 heavy (non-hydrogen) atoms. The maximum atomic E-state index is 11.5. The Labute approximate surface area is 117 Å². The van der Waals surface area contributed by atoms with Crippen LogP contribution in [-0.4, -0.2) is 25.3 Å². The lowest BCUT2D eigenvalue weighted by molar-refractivity contribution is -0.147. The predicted octanol–water partition coefficient (Wildman–Crippen LogP) is 3.85. The largest absolute Gasteiger partial charge is 0.467 e. The molecular weight excluding hydrogens is 240 g/mol. The summed E-state index contributed by atoms with van der Waals surface area (Å²) in [4.78, 5) is 11.5. The number of epoxide rings is 1. The smallest absolute Gasteiger partial charge is 0.340 e. The fraction of sp³-hybridized carbons (Fsp3) is 0.938. The number of unbranched alkanes of at least 4 members (excludes halogenated alkanes) is 1. The molecular formula is C16H28O3. The molecule has 1 saturated heterocycles. The first-order chi connectivity index (χ1) is 9.27. The van der Waals surface area contributed by atoms with Crippen molar-refractivity contribution in [3.8, 4) is 0 Å². The van der Waals surface area contributed by atoms with Crippen molar-refractivity contribution in [2.75, 3.05) is 13.7 Å². The Morgan fingerprint density at radius 2 is 1.79 bits per heavy atom. The van der Waals surface area contributed by atoms with Gasteiger partial charge in [-0.3, -0.25) is 0 Å². The van der Waals surface area contributed by atoms with E-state index in [0.717, 1.165) is 18.8 Å². The molecule has 1 unspecified atom stereocenters. The van der Waals surface area contributed by atoms with Crippen LogP contribution in [0.15, 0.2) is 0 Å². The molecule has 3 nitrogen and oxygen atoms in total. The molecule has 110 valence electrons. The molecule has 1 aliphatic heterocycles. The number of esters is 1. The molecule has 1 aliphatic carbocycles. The quantitative estimate of drug-likeness (QED) is 0.417. The Balaban J connectivity index is 1.59. The summed E-state index contributed by atoms with van der Waals surface area (Å²) in [6, 6.07) is 0. The van der Waals surface area contributed by atoms with Crippen LogP contribution in [0.4, 0.5) is 0 Å². The molecule has 2 aliphatic rings. The first-order valence-corrected chi connectivity index (χ1v) is 7.99. The topological polar surface area (TPSA) is 38.8 Å². The third-order valence-corrected chi connectivity index (χ3v) is 4.72. The number of carbonyl (C=O) groups is 1. The van der Waals surface area contributed by atoms with Crippen molar-refractivity contribution in [2.45, 2.75) is 76.2 Å². The van der Waals surface area contributed by atoms with Gasteiger partial charge >= 0.3 is 5.97 Å². The van der Waals surface area contributed by atoms with Gasteiger partial charge in [-0.15, -0.1) is 0 Å². The van der Waals surface area contributed by atoms with E-state index in [9.17, 15) is 4.79 Å². The average molecular weight is 268 g/mol. The minimum absolute atomic E-state index is 0.182. The zero-order chi connectivity index (χ0) is 13.6. The first-order valence-electron chi connectivity index (χ1n) is 7.99. The van der Waals surface area contributed by atoms with Gasteiger partial charge < -0.3 is 9.47 Å². The Hall–Kier alpha value is -0.570. The minimum Gasteiger partial charge on any atom is -0.467 e. The highest BCUT2D eigenvalue weighted by molar-refractivity contribution is 5.82. The van der Waals surface area contributed by atoms with Gasteiger partial charge in [-0.2, -0.15) is 0 Å². The van der Waals surface area contributed by atoms with Crippen LogP contribution in [0.3, 0.4) is 0 Å². The van der Waals surface area contributed by atoms with Crippen LogP contribution in [0.25, 0.3) is 0 Å². The van der Waals surface area contributed by atoms with Gasteiger partial charge in [-0.05, 0) is 18.8 Å². The molecule has 0 aromatic carbocycles. The summed E-state index contributed by atoms with van der Waals surface area (Å²) in [7, 11) is 1.44. The SMILES string of the molecule is COC(=O)C1(CCCCC2CCCCCCC2)CO1. The van der Waals surface area contributed by atoms with E-state index in [0.29, 0.717) is 6.61 Å². The molecule has 3 heteroatoms. The zero-order valence-corrected chi connectivity index (χ0v) is 12.3. The number of ether oxygens (including phenoxy) is 2. The van der Waals surface area contributed by atoms with E-state index in [4.69, 9.17) is 9.47 Å². The van der Waals surface area contributed by atoms with E-state index in [1.54, 1.807) is 0 Å². The predicted molar refractivity (Wildman–Crippen MR) is 75.0 cm³/mol. The van der Waals surface area contributed by atoms with Gasteiger partial charge in [0.1, 0.15) is 0 Å². The third-order valence-electron chi connectivity index (χ3n) is 4.72. The van der Waals surface area contributed by atoms with E-state index in [1.807, 2.05) is 0 Å². The normalized spacial score (nSPS) is 28.5. The van der Waals surface area contributed by atoms with E-state index < -0.39 is 5.60 Å². The van der Waals surface area contributed by atoms with Gasteiger partial charge in [0, 0.05) is 0 Å². The second-order valence-corrected chi connectivity index (χ2v) is 6.23. The van der Waals surface area contributed by atoms with E-state index >= 15 is 0 Å². The number of hydrogen-bond acceptors (Lipinski definition) is 3. The van der Waals surface area contributed by atoms with Crippen molar-refractivity contribution in [3.05, 3.63) is 0 Å². The fourth-order valence-electron chi connectivity index (χ4n) is 3.31. The van der Waals surface area contributed by atoms with Gasteiger partial charge in [0.25, 0.3) is 0 Å². The van der Waals surface area contributed by atoms with Gasteiger partial charge in [0.15, 0.2) is 5.60 Å². The molecule has 1 saturated carbocycles. The van der Waals surface area contributed by atoms with Gasteiger partial charge in [0.05, 0.1) is 13.7 Å². The number of hydrogen-bond donors (Lipinski definition) is 0. The molecule has 1 atom stereocenters. The summed E-state index contributed by atoms with van der Waals surface area (Å²) in [5.41, 5.74) is -0.560. The summed E-state index contributed by atoms with van der Waals surface area (Å²) < 4.78 is 10.1. The Bertz CT molecular complexity index is 276. The van der Waals surface area contributed by atoms with E-state index in [2.05, 4.69) is 0 Å². The number of methoxy groups -OCH3 is 1. The highest BCUT2D eigenvalue weighted by Gasteiger charge is 2.52. The lowest BCUT2D eigenvalue weighted by atomic mass is 9.87. The highest BCUT2D eigenvalue weighted by Crippen LogP contribution is 2.35. The summed E-state index contributed by atoms with van der Waals surface area (Å²) in [5.74, 6) is 0.743. The molecule has 0 bridgehead atoms. The molecule has 0 amide bonds. The Kier molecular flexibility index (Phi) is 5.68. The standard InChI is InChI=1S/C16H28O3/c1-18-15(17)16(13-19-16)12-8-7-11-14-9-5-3-2-4-6-10-14/h14H,2-13H2,1H3. The van der Waals surface area contributed by atoms with Crippen molar-refractivity contribution < 1.29 is 14.3 Å². The van der Waals surface area contributed by atoms with Gasteiger partial charge in [-0.25, -0.2) is 4.79 Å². The van der Waals surface area contributed by atoms with Crippen molar-refractivity contribution in [1.29, 1.82) is 0 Å². The Morgan fingerprint density at radius 1 is 1.16 bits per heavy atom. The van der Waals surface area contributed by atoms with Crippen LogP contribution in [-0.2, 0) is 14.3 Å². The summed E-state index contributed by atoms with van der Waals surface area (Å²) in [6.07, 6.45) is 14.4.